The summed E-state index contributed by atoms with van der Waals surface area (Å²) in [6.07, 6.45) is -1.01. The fourth-order valence-electron chi connectivity index (χ4n) is 1.71. The molecule has 2 unspecified atom stereocenters. The van der Waals surface area contributed by atoms with Crippen LogP contribution in [0.3, 0.4) is 0 Å². The quantitative estimate of drug-likeness (QED) is 0.846. The minimum absolute atomic E-state index is 0.0279. The molecule has 1 aromatic carbocycles. The molecule has 0 saturated carbocycles. The number of carbonyl (C=O) groups is 1. The van der Waals surface area contributed by atoms with Crippen molar-refractivity contribution in [2.45, 2.75) is 11.9 Å². The SMILES string of the molecule is O=C(O)C1COC(CBr)(c2ccc(Cl)cc2Cl)O1. The van der Waals surface area contributed by atoms with Gasteiger partial charge < -0.3 is 14.6 Å². The van der Waals surface area contributed by atoms with Gasteiger partial charge in [0, 0.05) is 10.6 Å². The highest BCUT2D eigenvalue weighted by atomic mass is 79.9. The van der Waals surface area contributed by atoms with E-state index in [2.05, 4.69) is 15.9 Å². The monoisotopic (exact) mass is 354 g/mol. The molecule has 0 bridgehead atoms. The third kappa shape index (κ3) is 2.51. The van der Waals surface area contributed by atoms with E-state index >= 15 is 0 Å². The Morgan fingerprint density at radius 2 is 2.28 bits per heavy atom. The largest absolute Gasteiger partial charge is 0.479 e. The van der Waals surface area contributed by atoms with Crippen LogP contribution in [-0.2, 0) is 20.1 Å². The molecule has 2 rings (SSSR count). The molecular formula is C11H9BrCl2O4. The van der Waals surface area contributed by atoms with E-state index in [1.165, 1.54) is 0 Å². The van der Waals surface area contributed by atoms with Gasteiger partial charge >= 0.3 is 5.97 Å². The lowest BCUT2D eigenvalue weighted by molar-refractivity contribution is -0.173. The van der Waals surface area contributed by atoms with E-state index in [1.54, 1.807) is 18.2 Å². The Hall–Kier alpha value is -0.330. The van der Waals surface area contributed by atoms with Gasteiger partial charge in [0.25, 0.3) is 0 Å². The number of hydrogen-bond acceptors (Lipinski definition) is 3. The zero-order chi connectivity index (χ0) is 13.3. The smallest absolute Gasteiger partial charge is 0.335 e. The number of ether oxygens (including phenoxy) is 2. The van der Waals surface area contributed by atoms with Crippen LogP contribution in [0.1, 0.15) is 5.56 Å². The first kappa shape index (κ1) is 14.1. The molecule has 2 atom stereocenters. The van der Waals surface area contributed by atoms with Crippen LogP contribution < -0.4 is 0 Å². The zero-order valence-electron chi connectivity index (χ0n) is 9.03. The first-order valence-electron chi connectivity index (χ1n) is 5.04. The summed E-state index contributed by atoms with van der Waals surface area (Å²) in [7, 11) is 0. The minimum atomic E-state index is -1.19. The van der Waals surface area contributed by atoms with Crippen molar-refractivity contribution in [1.82, 2.24) is 0 Å². The fourth-order valence-corrected chi connectivity index (χ4v) is 2.86. The molecule has 0 amide bonds. The van der Waals surface area contributed by atoms with Gasteiger partial charge in [0.05, 0.1) is 17.0 Å². The van der Waals surface area contributed by atoms with Crippen LogP contribution in [0.5, 0.6) is 0 Å². The summed E-state index contributed by atoms with van der Waals surface area (Å²) in [6, 6.07) is 4.87. The average Bonchev–Trinajstić information content (AvgIpc) is 2.74. The van der Waals surface area contributed by atoms with Gasteiger partial charge in [-0.05, 0) is 12.1 Å². The first-order chi connectivity index (χ1) is 8.48. The maximum absolute atomic E-state index is 10.9. The van der Waals surface area contributed by atoms with Crippen LogP contribution in [0.2, 0.25) is 10.0 Å². The van der Waals surface area contributed by atoms with Gasteiger partial charge in [-0.25, -0.2) is 4.79 Å². The molecule has 1 N–H and O–H groups in total. The third-order valence-corrected chi connectivity index (χ3v) is 3.88. The topological polar surface area (TPSA) is 55.8 Å². The maximum Gasteiger partial charge on any atom is 0.335 e. The van der Waals surface area contributed by atoms with Crippen molar-refractivity contribution in [2.75, 3.05) is 11.9 Å². The van der Waals surface area contributed by atoms with E-state index in [9.17, 15) is 4.79 Å². The first-order valence-corrected chi connectivity index (χ1v) is 6.92. The Balaban J connectivity index is 2.37. The molecule has 4 nitrogen and oxygen atoms in total. The molecular weight excluding hydrogens is 347 g/mol. The van der Waals surface area contributed by atoms with Gasteiger partial charge in [0.15, 0.2) is 6.10 Å². The van der Waals surface area contributed by atoms with Gasteiger partial charge in [-0.1, -0.05) is 45.2 Å². The molecule has 0 aliphatic carbocycles. The van der Waals surface area contributed by atoms with Crippen LogP contribution in [0.4, 0.5) is 0 Å². The highest BCUT2D eigenvalue weighted by Crippen LogP contribution is 2.40. The molecule has 1 heterocycles. The third-order valence-electron chi connectivity index (χ3n) is 2.59. The van der Waals surface area contributed by atoms with Gasteiger partial charge in [-0.2, -0.15) is 0 Å². The van der Waals surface area contributed by atoms with Crippen molar-refractivity contribution >= 4 is 45.1 Å². The summed E-state index contributed by atoms with van der Waals surface area (Å²) >= 11 is 15.2. The molecule has 1 aliphatic rings. The number of aliphatic carboxylic acids is 1. The molecule has 7 heteroatoms. The number of alkyl halides is 1. The highest BCUT2D eigenvalue weighted by molar-refractivity contribution is 9.09. The lowest BCUT2D eigenvalue weighted by Crippen LogP contribution is -2.32. The van der Waals surface area contributed by atoms with E-state index in [0.29, 0.717) is 15.6 Å². The number of carboxylic acids is 1. The molecule has 0 aromatic heterocycles. The van der Waals surface area contributed by atoms with E-state index in [4.69, 9.17) is 37.8 Å². The Morgan fingerprint density at radius 1 is 1.56 bits per heavy atom. The molecule has 98 valence electrons. The lowest BCUT2D eigenvalue weighted by atomic mass is 10.1. The lowest BCUT2D eigenvalue weighted by Gasteiger charge is -2.26. The van der Waals surface area contributed by atoms with Crippen molar-refractivity contribution in [3.63, 3.8) is 0 Å². The Kier molecular flexibility index (Phi) is 4.18. The summed E-state index contributed by atoms with van der Waals surface area (Å²) in [6.45, 7) is -0.0279. The van der Waals surface area contributed by atoms with Crippen molar-refractivity contribution < 1.29 is 19.4 Å². The average molecular weight is 356 g/mol. The maximum atomic E-state index is 10.9. The van der Waals surface area contributed by atoms with Gasteiger partial charge in [0.1, 0.15) is 0 Å². The summed E-state index contributed by atoms with van der Waals surface area (Å²) < 4.78 is 11.0. The molecule has 1 aliphatic heterocycles. The van der Waals surface area contributed by atoms with Crippen LogP contribution in [0.15, 0.2) is 18.2 Å². The molecule has 0 spiro atoms. The number of carboxylic acid groups (broad SMARTS) is 1. The molecule has 18 heavy (non-hydrogen) atoms. The normalized spacial score (nSPS) is 27.4. The number of rotatable bonds is 3. The van der Waals surface area contributed by atoms with Crippen LogP contribution >= 0.6 is 39.1 Å². The Labute approximate surface area is 122 Å². The number of benzene rings is 1. The fraction of sp³-hybridized carbons (Fsp3) is 0.364. The van der Waals surface area contributed by atoms with Crippen LogP contribution in [-0.4, -0.2) is 29.1 Å². The van der Waals surface area contributed by atoms with Gasteiger partial charge in [0.2, 0.25) is 5.79 Å². The highest BCUT2D eigenvalue weighted by Gasteiger charge is 2.46. The second kappa shape index (κ2) is 5.35. The van der Waals surface area contributed by atoms with Gasteiger partial charge in [-0.3, -0.25) is 0 Å². The molecule has 1 saturated heterocycles. The second-order valence-corrected chi connectivity index (χ2v) is 5.17. The zero-order valence-corrected chi connectivity index (χ0v) is 12.1. The minimum Gasteiger partial charge on any atom is -0.479 e. The van der Waals surface area contributed by atoms with Gasteiger partial charge in [-0.15, -0.1) is 0 Å². The summed E-state index contributed by atoms with van der Waals surface area (Å²) in [4.78, 5) is 10.9. The van der Waals surface area contributed by atoms with Crippen LogP contribution in [0, 0.1) is 0 Å². The van der Waals surface area contributed by atoms with E-state index < -0.39 is 17.9 Å². The van der Waals surface area contributed by atoms with E-state index in [0.717, 1.165) is 0 Å². The van der Waals surface area contributed by atoms with Crippen molar-refractivity contribution in [3.8, 4) is 0 Å². The van der Waals surface area contributed by atoms with Crippen LogP contribution in [0.25, 0.3) is 0 Å². The summed E-state index contributed by atoms with van der Waals surface area (Å²) in [5.74, 6) is -2.26. The van der Waals surface area contributed by atoms with Crippen molar-refractivity contribution in [1.29, 1.82) is 0 Å². The standard InChI is InChI=1S/C11H9BrCl2O4/c12-5-11(17-4-9(18-11)10(15)16)7-2-1-6(13)3-8(7)14/h1-3,9H,4-5H2,(H,15,16). The second-order valence-electron chi connectivity index (χ2n) is 3.77. The Bertz CT molecular complexity index is 482. The van der Waals surface area contributed by atoms with E-state index in [1.807, 2.05) is 0 Å². The number of halogens is 3. The summed E-state index contributed by atoms with van der Waals surface area (Å²) in [5, 5.41) is 10.1. The predicted molar refractivity (Wildman–Crippen MR) is 70.4 cm³/mol. The number of hydrogen-bond donors (Lipinski definition) is 1. The summed E-state index contributed by atoms with van der Waals surface area (Å²) in [5.41, 5.74) is 0.550. The predicted octanol–water partition coefficient (Wildman–Crippen LogP) is 3.04. The van der Waals surface area contributed by atoms with Crippen molar-refractivity contribution in [3.05, 3.63) is 33.8 Å². The van der Waals surface area contributed by atoms with Crippen molar-refractivity contribution in [2.24, 2.45) is 0 Å². The molecule has 1 aromatic rings. The Morgan fingerprint density at radius 3 is 2.78 bits per heavy atom. The molecule has 1 fully saturated rings. The molecule has 0 radical (unpaired) electrons. The van der Waals surface area contributed by atoms with E-state index in [-0.39, 0.29) is 11.9 Å².